The second-order valence-corrected chi connectivity index (χ2v) is 7.60. The Hall–Kier alpha value is -0.920. The van der Waals surface area contributed by atoms with Gasteiger partial charge in [0, 0.05) is 25.8 Å². The Morgan fingerprint density at radius 2 is 2.15 bits per heavy atom. The summed E-state index contributed by atoms with van der Waals surface area (Å²) in [4.78, 5) is 2.40. The molecule has 1 aromatic rings. The van der Waals surface area contributed by atoms with Gasteiger partial charge in [-0.15, -0.1) is 0 Å². The Kier molecular flexibility index (Phi) is 4.82. The van der Waals surface area contributed by atoms with Crippen LogP contribution in [-0.4, -0.2) is 60.6 Å². The van der Waals surface area contributed by atoms with Crippen molar-refractivity contribution in [3.63, 3.8) is 0 Å². The molecule has 0 spiro atoms. The molecule has 7 heteroatoms. The van der Waals surface area contributed by atoms with Gasteiger partial charge in [-0.2, -0.15) is 9.40 Å². The summed E-state index contributed by atoms with van der Waals surface area (Å²) in [6, 6.07) is 0.108. The molecule has 2 rings (SSSR count). The molecule has 1 unspecified atom stereocenters. The molecule has 1 aliphatic heterocycles. The molecule has 0 N–H and O–H groups in total. The molecule has 6 nitrogen and oxygen atoms in total. The first kappa shape index (κ1) is 15.5. The molecule has 20 heavy (non-hydrogen) atoms. The minimum absolute atomic E-state index is 0.108. The summed E-state index contributed by atoms with van der Waals surface area (Å²) in [5.41, 5.74) is 0. The van der Waals surface area contributed by atoms with Crippen molar-refractivity contribution < 1.29 is 8.42 Å². The molecule has 2 heterocycles. The minimum Gasteiger partial charge on any atom is -0.309 e. The molecule has 0 aromatic carbocycles. The average molecular weight is 300 g/mol. The first-order valence-corrected chi connectivity index (χ1v) is 8.50. The van der Waals surface area contributed by atoms with Crippen molar-refractivity contribution in [2.24, 2.45) is 7.05 Å². The van der Waals surface area contributed by atoms with Crippen LogP contribution in [0.15, 0.2) is 17.3 Å². The lowest BCUT2D eigenvalue weighted by Crippen LogP contribution is -2.44. The van der Waals surface area contributed by atoms with Gasteiger partial charge in [0.1, 0.15) is 4.90 Å². The maximum atomic E-state index is 12.7. The van der Waals surface area contributed by atoms with Crippen LogP contribution in [0.1, 0.15) is 25.7 Å². The largest absolute Gasteiger partial charge is 0.309 e. The fourth-order valence-electron chi connectivity index (χ4n) is 2.65. The average Bonchev–Trinajstić information content (AvgIpc) is 2.84. The molecule has 0 bridgehead atoms. The maximum absolute atomic E-state index is 12.7. The van der Waals surface area contributed by atoms with Crippen LogP contribution < -0.4 is 0 Å². The van der Waals surface area contributed by atoms with Gasteiger partial charge in [-0.1, -0.05) is 6.42 Å². The molecule has 0 radical (unpaired) electrons. The molecule has 0 aliphatic carbocycles. The predicted octanol–water partition coefficient (Wildman–Crippen LogP) is 0.915. The summed E-state index contributed by atoms with van der Waals surface area (Å²) in [6.07, 6.45) is 6.90. The molecule has 1 saturated heterocycles. The first-order valence-electron chi connectivity index (χ1n) is 7.06. The number of sulfonamides is 1. The van der Waals surface area contributed by atoms with Crippen molar-refractivity contribution in [2.75, 3.05) is 27.2 Å². The van der Waals surface area contributed by atoms with Gasteiger partial charge in [-0.05, 0) is 39.9 Å². The number of aromatic nitrogens is 2. The van der Waals surface area contributed by atoms with Crippen LogP contribution in [0.25, 0.3) is 0 Å². The summed E-state index contributed by atoms with van der Waals surface area (Å²) in [5.74, 6) is 0. The van der Waals surface area contributed by atoms with E-state index in [0.29, 0.717) is 11.4 Å². The third kappa shape index (κ3) is 3.39. The van der Waals surface area contributed by atoms with Crippen LogP contribution in [-0.2, 0) is 17.1 Å². The van der Waals surface area contributed by atoms with Crippen LogP contribution in [0.5, 0.6) is 0 Å². The third-order valence-electron chi connectivity index (χ3n) is 3.77. The van der Waals surface area contributed by atoms with E-state index in [9.17, 15) is 8.42 Å². The highest BCUT2D eigenvalue weighted by molar-refractivity contribution is 7.89. The smallest absolute Gasteiger partial charge is 0.246 e. The monoisotopic (exact) mass is 300 g/mol. The van der Waals surface area contributed by atoms with Gasteiger partial charge in [0.25, 0.3) is 0 Å². The number of hydrogen-bond donors (Lipinski definition) is 0. The SMILES string of the molecule is CN(C)CCC1CCCCN1S(=O)(=O)c1cnn(C)c1. The van der Waals surface area contributed by atoms with Crippen molar-refractivity contribution in [2.45, 2.75) is 36.6 Å². The van der Waals surface area contributed by atoms with Crippen molar-refractivity contribution in [1.29, 1.82) is 0 Å². The Morgan fingerprint density at radius 3 is 2.75 bits per heavy atom. The summed E-state index contributed by atoms with van der Waals surface area (Å²) >= 11 is 0. The van der Waals surface area contributed by atoms with Gasteiger partial charge >= 0.3 is 0 Å². The Labute approximate surface area is 121 Å². The van der Waals surface area contributed by atoms with Gasteiger partial charge in [-0.25, -0.2) is 8.42 Å². The van der Waals surface area contributed by atoms with E-state index >= 15 is 0 Å². The van der Waals surface area contributed by atoms with Crippen molar-refractivity contribution in [3.05, 3.63) is 12.4 Å². The topological polar surface area (TPSA) is 58.4 Å². The van der Waals surface area contributed by atoms with Crippen LogP contribution in [0.2, 0.25) is 0 Å². The fraction of sp³-hybridized carbons (Fsp3) is 0.769. The van der Waals surface area contributed by atoms with Crippen LogP contribution >= 0.6 is 0 Å². The Morgan fingerprint density at radius 1 is 1.40 bits per heavy atom. The zero-order valence-electron chi connectivity index (χ0n) is 12.5. The maximum Gasteiger partial charge on any atom is 0.246 e. The van der Waals surface area contributed by atoms with E-state index in [1.807, 2.05) is 14.1 Å². The molecular weight excluding hydrogens is 276 g/mol. The van der Waals surface area contributed by atoms with Crippen LogP contribution in [0, 0.1) is 0 Å². The quantitative estimate of drug-likeness (QED) is 0.811. The highest BCUT2D eigenvalue weighted by Gasteiger charge is 2.33. The lowest BCUT2D eigenvalue weighted by molar-refractivity contribution is 0.222. The van der Waals surface area contributed by atoms with Gasteiger partial charge in [0.05, 0.1) is 6.20 Å². The van der Waals surface area contributed by atoms with Crippen molar-refractivity contribution in [3.8, 4) is 0 Å². The zero-order chi connectivity index (χ0) is 14.8. The normalized spacial score (nSPS) is 21.5. The molecule has 114 valence electrons. The molecule has 1 fully saturated rings. The number of nitrogens with zero attached hydrogens (tertiary/aromatic N) is 4. The van der Waals surface area contributed by atoms with E-state index in [-0.39, 0.29) is 6.04 Å². The van der Waals surface area contributed by atoms with Crippen molar-refractivity contribution in [1.82, 2.24) is 19.0 Å². The summed E-state index contributed by atoms with van der Waals surface area (Å²) in [7, 11) is 2.36. The number of aryl methyl sites for hydroxylation is 1. The molecule has 1 aliphatic rings. The second kappa shape index (κ2) is 6.24. The van der Waals surface area contributed by atoms with Crippen LogP contribution in [0.4, 0.5) is 0 Å². The number of rotatable bonds is 5. The summed E-state index contributed by atoms with van der Waals surface area (Å²) in [6.45, 7) is 1.53. The summed E-state index contributed by atoms with van der Waals surface area (Å²) < 4.78 is 28.6. The molecule has 1 atom stereocenters. The Balaban J connectivity index is 2.18. The van der Waals surface area contributed by atoms with E-state index in [1.165, 1.54) is 10.9 Å². The van der Waals surface area contributed by atoms with E-state index < -0.39 is 10.0 Å². The van der Waals surface area contributed by atoms with Gasteiger partial charge in [-0.3, -0.25) is 4.68 Å². The third-order valence-corrected chi connectivity index (χ3v) is 5.68. The zero-order valence-corrected chi connectivity index (χ0v) is 13.3. The van der Waals surface area contributed by atoms with E-state index in [1.54, 1.807) is 17.5 Å². The highest BCUT2D eigenvalue weighted by Crippen LogP contribution is 2.26. The lowest BCUT2D eigenvalue weighted by atomic mass is 10.0. The fourth-order valence-corrected chi connectivity index (χ4v) is 4.36. The van der Waals surface area contributed by atoms with E-state index in [0.717, 1.165) is 32.2 Å². The molecule has 0 amide bonds. The van der Waals surface area contributed by atoms with Crippen LogP contribution in [0.3, 0.4) is 0 Å². The number of hydrogen-bond acceptors (Lipinski definition) is 4. The minimum atomic E-state index is -3.41. The van der Waals surface area contributed by atoms with Crippen molar-refractivity contribution >= 4 is 10.0 Å². The van der Waals surface area contributed by atoms with Gasteiger partial charge in [0.15, 0.2) is 0 Å². The highest BCUT2D eigenvalue weighted by atomic mass is 32.2. The standard InChI is InChI=1S/C13H24N4O2S/c1-15(2)9-7-12-6-4-5-8-17(12)20(18,19)13-10-14-16(3)11-13/h10-12H,4-9H2,1-3H3. The second-order valence-electron chi connectivity index (χ2n) is 5.71. The van der Waals surface area contributed by atoms with E-state index in [2.05, 4.69) is 10.00 Å². The Bertz CT molecular complexity index is 538. The molecule has 0 saturated carbocycles. The van der Waals surface area contributed by atoms with Gasteiger partial charge in [0.2, 0.25) is 10.0 Å². The lowest BCUT2D eigenvalue weighted by Gasteiger charge is -2.35. The van der Waals surface area contributed by atoms with Gasteiger partial charge < -0.3 is 4.90 Å². The molecule has 1 aromatic heterocycles. The first-order chi connectivity index (χ1) is 9.41. The summed E-state index contributed by atoms with van der Waals surface area (Å²) in [5, 5.41) is 3.98. The van der Waals surface area contributed by atoms with E-state index in [4.69, 9.17) is 0 Å². The molecular formula is C13H24N4O2S. The predicted molar refractivity (Wildman–Crippen MR) is 77.9 cm³/mol. The number of piperidine rings is 1.